The molecule has 0 aliphatic carbocycles. The van der Waals surface area contributed by atoms with Crippen molar-refractivity contribution in [3.8, 4) is 0 Å². The third-order valence-corrected chi connectivity index (χ3v) is 2.98. The van der Waals surface area contributed by atoms with Crippen LogP contribution in [0.5, 0.6) is 0 Å². The molecule has 0 spiro atoms. The molecule has 0 aromatic rings. The van der Waals surface area contributed by atoms with Crippen LogP contribution in [0.1, 0.15) is 26.2 Å². The largest absolute Gasteiger partial charge is 0.481 e. The summed E-state index contributed by atoms with van der Waals surface area (Å²) in [6.45, 7) is 1.09. The number of hydrogen-bond acceptors (Lipinski definition) is 5. The lowest BCUT2D eigenvalue weighted by Gasteiger charge is -2.26. The second kappa shape index (κ2) is 7.98. The molecule has 0 bridgehead atoms. The minimum Gasteiger partial charge on any atom is -0.481 e. The molecule has 0 radical (unpaired) electrons. The summed E-state index contributed by atoms with van der Waals surface area (Å²) in [7, 11) is 0. The van der Waals surface area contributed by atoms with E-state index < -0.39 is 66.7 Å². The lowest BCUT2D eigenvalue weighted by molar-refractivity contribution is -0.158. The van der Waals surface area contributed by atoms with Crippen molar-refractivity contribution in [1.82, 2.24) is 0 Å². The zero-order valence-corrected chi connectivity index (χ0v) is 11.2. The first-order chi connectivity index (χ1) is 9.56. The van der Waals surface area contributed by atoms with E-state index in [-0.39, 0.29) is 0 Å². The smallest absolute Gasteiger partial charge is 0.307 e. The van der Waals surface area contributed by atoms with E-state index >= 15 is 0 Å². The molecule has 2 unspecified atom stereocenters. The van der Waals surface area contributed by atoms with Crippen molar-refractivity contribution in [1.29, 1.82) is 0 Å². The van der Waals surface area contributed by atoms with Gasteiger partial charge in [0.05, 0.1) is 24.7 Å². The number of ketones is 1. The third-order valence-electron chi connectivity index (χ3n) is 2.98. The van der Waals surface area contributed by atoms with Gasteiger partial charge in [-0.2, -0.15) is 0 Å². The molecular formula is C12H16O9. The summed E-state index contributed by atoms with van der Waals surface area (Å²) in [6.07, 6.45) is -2.30. The van der Waals surface area contributed by atoms with Gasteiger partial charge in [-0.25, -0.2) is 0 Å². The number of Topliss-reactive ketones (excluding diaryl/α,β-unsaturated/α-hetero) is 1. The van der Waals surface area contributed by atoms with Crippen molar-refractivity contribution in [3.05, 3.63) is 0 Å². The van der Waals surface area contributed by atoms with Crippen LogP contribution in [0.3, 0.4) is 0 Å². The van der Waals surface area contributed by atoms with Crippen LogP contribution in [-0.2, 0) is 24.0 Å². The summed E-state index contributed by atoms with van der Waals surface area (Å²) in [5, 5.41) is 35.5. The summed E-state index contributed by atoms with van der Waals surface area (Å²) < 4.78 is 0. The van der Waals surface area contributed by atoms with Crippen molar-refractivity contribution in [3.63, 3.8) is 0 Å². The Balaban J connectivity index is 5.60. The number of hydrogen-bond donors (Lipinski definition) is 4. The predicted molar refractivity (Wildman–Crippen MR) is 65.5 cm³/mol. The minimum atomic E-state index is -1.66. The molecule has 9 nitrogen and oxygen atoms in total. The van der Waals surface area contributed by atoms with Crippen LogP contribution in [0.4, 0.5) is 0 Å². The lowest BCUT2D eigenvalue weighted by Crippen LogP contribution is -2.37. The van der Waals surface area contributed by atoms with Crippen LogP contribution in [0, 0.1) is 17.8 Å². The van der Waals surface area contributed by atoms with Crippen molar-refractivity contribution in [2.24, 2.45) is 17.8 Å². The van der Waals surface area contributed by atoms with E-state index in [9.17, 15) is 24.0 Å². The van der Waals surface area contributed by atoms with Crippen molar-refractivity contribution in [2.45, 2.75) is 26.2 Å². The molecule has 9 heteroatoms. The average molecular weight is 304 g/mol. The predicted octanol–water partition coefficient (Wildman–Crippen LogP) is -0.0673. The standard InChI is InChI=1S/C12H16O9/c1-5(13)2-6(7(11(18)19)3-9(14)15)8(12(20)21)4-10(16)17/h6-8H,2-4H2,1H3,(H,14,15)(H,16,17)(H,18,19)(H,20,21). The van der Waals surface area contributed by atoms with Gasteiger partial charge < -0.3 is 25.2 Å². The quantitative estimate of drug-likeness (QED) is 0.432. The molecule has 0 saturated heterocycles. The normalized spacial score (nSPS) is 14.7. The lowest BCUT2D eigenvalue weighted by atomic mass is 9.75. The molecule has 2 atom stereocenters. The number of carboxylic acids is 4. The molecule has 0 aliphatic heterocycles. The van der Waals surface area contributed by atoms with Gasteiger partial charge in [0.1, 0.15) is 5.78 Å². The van der Waals surface area contributed by atoms with E-state index in [2.05, 4.69) is 0 Å². The maximum absolute atomic E-state index is 11.2. The van der Waals surface area contributed by atoms with Crippen molar-refractivity contribution in [2.75, 3.05) is 0 Å². The SMILES string of the molecule is CC(=O)CC(C(CC(=O)O)C(=O)O)C(CC(=O)O)C(=O)O. The Bertz CT molecular complexity index is 420. The van der Waals surface area contributed by atoms with Crippen LogP contribution in [0.25, 0.3) is 0 Å². The topological polar surface area (TPSA) is 166 Å². The molecular weight excluding hydrogens is 288 g/mol. The molecule has 0 saturated carbocycles. The van der Waals surface area contributed by atoms with Gasteiger partial charge >= 0.3 is 23.9 Å². The van der Waals surface area contributed by atoms with E-state index in [0.717, 1.165) is 6.92 Å². The van der Waals surface area contributed by atoms with Crippen LogP contribution in [-0.4, -0.2) is 50.1 Å². The molecule has 0 aliphatic rings. The van der Waals surface area contributed by atoms with Crippen LogP contribution in [0.2, 0.25) is 0 Å². The Kier molecular flexibility index (Phi) is 7.05. The van der Waals surface area contributed by atoms with E-state index in [4.69, 9.17) is 20.4 Å². The summed E-state index contributed by atoms with van der Waals surface area (Å²) in [4.78, 5) is 54.9. The van der Waals surface area contributed by atoms with Gasteiger partial charge in [0.25, 0.3) is 0 Å². The molecule has 21 heavy (non-hydrogen) atoms. The monoisotopic (exact) mass is 304 g/mol. The number of carbonyl (C=O) groups is 5. The number of carbonyl (C=O) groups excluding carboxylic acids is 1. The van der Waals surface area contributed by atoms with E-state index in [1.54, 1.807) is 0 Å². The minimum absolute atomic E-state index is 0.519. The van der Waals surface area contributed by atoms with E-state index in [1.165, 1.54) is 0 Å². The van der Waals surface area contributed by atoms with Gasteiger partial charge in [-0.3, -0.25) is 19.2 Å². The molecule has 0 aromatic heterocycles. The second-order valence-electron chi connectivity index (χ2n) is 4.66. The maximum Gasteiger partial charge on any atom is 0.307 e. The van der Waals surface area contributed by atoms with Crippen LogP contribution >= 0.6 is 0 Å². The molecule has 0 heterocycles. The molecule has 0 aromatic carbocycles. The average Bonchev–Trinajstić information content (AvgIpc) is 2.29. The van der Waals surface area contributed by atoms with Gasteiger partial charge in [-0.1, -0.05) is 0 Å². The maximum atomic E-state index is 11.2. The molecule has 0 fully saturated rings. The first kappa shape index (κ1) is 18.6. The summed E-state index contributed by atoms with van der Waals surface area (Å²) in [5.74, 6) is -11.4. The highest BCUT2D eigenvalue weighted by Gasteiger charge is 2.40. The van der Waals surface area contributed by atoms with Crippen LogP contribution < -0.4 is 0 Å². The summed E-state index contributed by atoms with van der Waals surface area (Å²) >= 11 is 0. The first-order valence-electron chi connectivity index (χ1n) is 5.94. The second-order valence-corrected chi connectivity index (χ2v) is 4.66. The Morgan fingerprint density at radius 2 is 1.05 bits per heavy atom. The summed E-state index contributed by atoms with van der Waals surface area (Å²) in [6, 6.07) is 0. The van der Waals surface area contributed by atoms with E-state index in [1.807, 2.05) is 0 Å². The van der Waals surface area contributed by atoms with Crippen molar-refractivity contribution < 1.29 is 44.4 Å². The van der Waals surface area contributed by atoms with E-state index in [0.29, 0.717) is 0 Å². The zero-order chi connectivity index (χ0) is 16.7. The molecule has 0 rings (SSSR count). The van der Waals surface area contributed by atoms with Gasteiger partial charge in [-0.15, -0.1) is 0 Å². The molecule has 118 valence electrons. The fraction of sp³-hybridized carbons (Fsp3) is 0.583. The van der Waals surface area contributed by atoms with Gasteiger partial charge in [-0.05, 0) is 12.8 Å². The Hall–Kier alpha value is -2.45. The highest BCUT2D eigenvalue weighted by molar-refractivity contribution is 5.84. The number of aliphatic carboxylic acids is 4. The zero-order valence-electron chi connectivity index (χ0n) is 11.2. The van der Waals surface area contributed by atoms with Gasteiger partial charge in [0.2, 0.25) is 0 Å². The Labute approximate surface area is 119 Å². The van der Waals surface area contributed by atoms with Crippen molar-refractivity contribution >= 4 is 29.7 Å². The molecule has 0 amide bonds. The Morgan fingerprint density at radius 1 is 0.714 bits per heavy atom. The van der Waals surface area contributed by atoms with Crippen LogP contribution in [0.15, 0.2) is 0 Å². The highest BCUT2D eigenvalue weighted by atomic mass is 16.4. The number of carboxylic acid groups (broad SMARTS) is 4. The number of rotatable bonds is 10. The molecule has 4 N–H and O–H groups in total. The third kappa shape index (κ3) is 6.50. The van der Waals surface area contributed by atoms with Gasteiger partial charge in [0, 0.05) is 6.42 Å². The first-order valence-corrected chi connectivity index (χ1v) is 5.94. The fourth-order valence-corrected chi connectivity index (χ4v) is 2.12. The highest BCUT2D eigenvalue weighted by Crippen LogP contribution is 2.31. The summed E-state index contributed by atoms with van der Waals surface area (Å²) in [5.41, 5.74) is 0. The van der Waals surface area contributed by atoms with Gasteiger partial charge in [0.15, 0.2) is 0 Å². The Morgan fingerprint density at radius 3 is 1.24 bits per heavy atom. The fourth-order valence-electron chi connectivity index (χ4n) is 2.12.